The predicted molar refractivity (Wildman–Crippen MR) is 256 cm³/mol. The number of aromatic amines is 2. The van der Waals surface area contributed by atoms with E-state index in [1.807, 2.05) is 105 Å². The van der Waals surface area contributed by atoms with Gasteiger partial charge in [-0.05, 0) is 66.1 Å². The Labute approximate surface area is 386 Å². The number of carboxylic acids is 1. The van der Waals surface area contributed by atoms with Crippen LogP contribution >= 0.6 is 11.3 Å². The fourth-order valence-electron chi connectivity index (χ4n) is 8.58. The van der Waals surface area contributed by atoms with E-state index < -0.39 is 47.9 Å². The van der Waals surface area contributed by atoms with Crippen molar-refractivity contribution in [2.45, 2.75) is 82.6 Å². The standard InChI is InChI=1S/C51H54N8O6S/c1-30(2)24-40(47(61)58-43(51(64)65)25-31-14-5-3-6-15-31)55-48(62)41(26-33-28-53-37-20-11-9-18-35(33)37)56-49(63)44-45(32-16-7-4-8-17-32)66-50(59-44)42(57-46(60)39-22-13-23-52-39)27-34-29-54-38-21-12-10-19-36(34)38/h3-12,14-21,28-30,39-43,52-54H,13,22-27H2,1-2H3,(H,55,62)(H,56,63)(H,57,60)(H,58,61)(H,64,65). The van der Waals surface area contributed by atoms with Crippen LogP contribution in [0.15, 0.2) is 122 Å². The van der Waals surface area contributed by atoms with Gasteiger partial charge < -0.3 is 41.7 Å². The van der Waals surface area contributed by atoms with E-state index in [0.717, 1.165) is 57.0 Å². The van der Waals surface area contributed by atoms with Crippen molar-refractivity contribution in [3.63, 3.8) is 0 Å². The van der Waals surface area contributed by atoms with Crippen LogP contribution in [0.1, 0.15) is 71.3 Å². The van der Waals surface area contributed by atoms with Crippen molar-refractivity contribution in [2.24, 2.45) is 5.92 Å². The number of carbonyl (C=O) groups is 5. The second-order valence-corrected chi connectivity index (χ2v) is 18.3. The van der Waals surface area contributed by atoms with Crippen molar-refractivity contribution >= 4 is 62.7 Å². The molecule has 0 saturated carbocycles. The fraction of sp³-hybridized carbons (Fsp3) is 0.294. The van der Waals surface area contributed by atoms with Crippen LogP contribution in [-0.4, -0.2) is 80.4 Å². The number of hydrogen-bond donors (Lipinski definition) is 8. The number of para-hydroxylation sites is 2. The van der Waals surface area contributed by atoms with Crippen molar-refractivity contribution in [1.29, 1.82) is 0 Å². The van der Waals surface area contributed by atoms with Crippen molar-refractivity contribution in [1.82, 2.24) is 41.5 Å². The number of aromatic nitrogens is 3. The van der Waals surface area contributed by atoms with Gasteiger partial charge in [0.25, 0.3) is 5.91 Å². The topological polar surface area (TPSA) is 210 Å². The summed E-state index contributed by atoms with van der Waals surface area (Å²) in [5.41, 5.74) is 5.08. The van der Waals surface area contributed by atoms with Crippen LogP contribution in [0.4, 0.5) is 0 Å². The first-order valence-electron chi connectivity index (χ1n) is 22.4. The highest BCUT2D eigenvalue weighted by atomic mass is 32.1. The normalized spacial score (nSPS) is 15.5. The van der Waals surface area contributed by atoms with Gasteiger partial charge >= 0.3 is 5.97 Å². The molecule has 0 spiro atoms. The van der Waals surface area contributed by atoms with E-state index in [4.69, 9.17) is 4.98 Å². The van der Waals surface area contributed by atoms with Crippen LogP contribution in [0.3, 0.4) is 0 Å². The monoisotopic (exact) mass is 906 g/mol. The summed E-state index contributed by atoms with van der Waals surface area (Å²) in [4.78, 5) is 81.8. The van der Waals surface area contributed by atoms with E-state index in [9.17, 15) is 29.1 Å². The molecule has 4 amide bonds. The summed E-state index contributed by atoms with van der Waals surface area (Å²) in [7, 11) is 0. The second-order valence-electron chi connectivity index (χ2n) is 17.2. The molecule has 0 radical (unpaired) electrons. The van der Waals surface area contributed by atoms with Gasteiger partial charge in [0.1, 0.15) is 28.8 Å². The Morgan fingerprint density at radius 3 is 1.91 bits per heavy atom. The van der Waals surface area contributed by atoms with E-state index in [1.54, 1.807) is 30.5 Å². The van der Waals surface area contributed by atoms with Crippen LogP contribution in [0.5, 0.6) is 0 Å². The summed E-state index contributed by atoms with van der Waals surface area (Å²) in [5, 5.41) is 27.6. The number of nitrogens with one attached hydrogen (secondary N) is 7. The van der Waals surface area contributed by atoms with Crippen molar-refractivity contribution in [2.75, 3.05) is 6.54 Å². The van der Waals surface area contributed by atoms with Crippen molar-refractivity contribution in [3.05, 3.63) is 149 Å². The fourth-order valence-corrected chi connectivity index (χ4v) is 9.70. The number of fused-ring (bicyclic) bond motifs is 2. The Morgan fingerprint density at radius 2 is 1.29 bits per heavy atom. The first-order chi connectivity index (χ1) is 32.0. The van der Waals surface area contributed by atoms with E-state index in [2.05, 4.69) is 36.6 Å². The van der Waals surface area contributed by atoms with Gasteiger partial charge in [0.2, 0.25) is 17.7 Å². The van der Waals surface area contributed by atoms with Gasteiger partial charge in [0, 0.05) is 53.5 Å². The van der Waals surface area contributed by atoms with Crippen LogP contribution < -0.4 is 26.6 Å². The van der Waals surface area contributed by atoms with E-state index in [-0.39, 0.29) is 42.8 Å². The highest BCUT2D eigenvalue weighted by Crippen LogP contribution is 2.35. The Hall–Kier alpha value is -7.10. The quantitative estimate of drug-likeness (QED) is 0.0442. The van der Waals surface area contributed by atoms with Gasteiger partial charge in [-0.1, -0.05) is 111 Å². The Morgan fingerprint density at radius 1 is 0.697 bits per heavy atom. The molecule has 15 heteroatoms. The van der Waals surface area contributed by atoms with Crippen molar-refractivity contribution < 1.29 is 29.1 Å². The van der Waals surface area contributed by atoms with Gasteiger partial charge in [0.15, 0.2) is 0 Å². The second kappa shape index (κ2) is 20.8. The predicted octanol–water partition coefficient (Wildman–Crippen LogP) is 6.61. The highest BCUT2D eigenvalue weighted by Gasteiger charge is 2.34. The van der Waals surface area contributed by atoms with Crippen LogP contribution in [0.2, 0.25) is 0 Å². The zero-order valence-corrected chi connectivity index (χ0v) is 37.6. The molecule has 1 aliphatic rings. The summed E-state index contributed by atoms with van der Waals surface area (Å²) in [5.74, 6) is -3.32. The average molecular weight is 907 g/mol. The van der Waals surface area contributed by atoms with Gasteiger partial charge in [-0.2, -0.15) is 0 Å². The average Bonchev–Trinajstić information content (AvgIpc) is 4.16. The molecule has 8 rings (SSSR count). The van der Waals surface area contributed by atoms with Crippen LogP contribution in [0, 0.1) is 5.92 Å². The number of carbonyl (C=O) groups excluding carboxylic acids is 4. The summed E-state index contributed by atoms with van der Waals surface area (Å²) in [6.07, 6.45) is 6.02. The molecule has 340 valence electrons. The first-order valence-corrected chi connectivity index (χ1v) is 23.2. The summed E-state index contributed by atoms with van der Waals surface area (Å²) >= 11 is 1.31. The third-order valence-corrected chi connectivity index (χ3v) is 13.2. The molecule has 5 atom stereocenters. The van der Waals surface area contributed by atoms with Crippen LogP contribution in [0.25, 0.3) is 32.2 Å². The maximum absolute atomic E-state index is 14.9. The molecule has 8 N–H and O–H groups in total. The van der Waals surface area contributed by atoms with E-state index in [0.29, 0.717) is 22.7 Å². The summed E-state index contributed by atoms with van der Waals surface area (Å²) in [6, 6.07) is 29.4. The molecule has 5 unspecified atom stereocenters. The molecular weight excluding hydrogens is 853 g/mol. The molecule has 14 nitrogen and oxygen atoms in total. The van der Waals surface area contributed by atoms with Gasteiger partial charge in [-0.15, -0.1) is 11.3 Å². The molecule has 0 bridgehead atoms. The lowest BCUT2D eigenvalue weighted by atomic mass is 9.99. The molecule has 4 aromatic carbocycles. The maximum atomic E-state index is 14.9. The lowest BCUT2D eigenvalue weighted by Crippen LogP contribution is -2.56. The Bertz CT molecular complexity index is 2810. The molecule has 0 aliphatic carbocycles. The number of thiazole rings is 1. The highest BCUT2D eigenvalue weighted by molar-refractivity contribution is 7.15. The maximum Gasteiger partial charge on any atom is 0.326 e. The molecule has 1 fully saturated rings. The molecule has 7 aromatic rings. The summed E-state index contributed by atoms with van der Waals surface area (Å²) < 4.78 is 0. The summed E-state index contributed by atoms with van der Waals surface area (Å²) in [6.45, 7) is 4.55. The molecule has 66 heavy (non-hydrogen) atoms. The minimum absolute atomic E-state index is 0.0483. The molecule has 1 aliphatic heterocycles. The third kappa shape index (κ3) is 10.9. The zero-order chi connectivity index (χ0) is 46.2. The number of carboxylic acid groups (broad SMARTS) is 1. The van der Waals surface area contributed by atoms with Crippen LogP contribution in [-0.2, 0) is 38.4 Å². The van der Waals surface area contributed by atoms with Gasteiger partial charge in [0.05, 0.1) is 17.0 Å². The molecule has 3 aromatic heterocycles. The smallest absolute Gasteiger partial charge is 0.326 e. The van der Waals surface area contributed by atoms with Crippen molar-refractivity contribution in [3.8, 4) is 10.4 Å². The Balaban J connectivity index is 1.12. The number of hydrogen-bond acceptors (Lipinski definition) is 8. The minimum Gasteiger partial charge on any atom is -0.480 e. The van der Waals surface area contributed by atoms with E-state index in [1.165, 1.54) is 11.3 Å². The minimum atomic E-state index is -1.25. The first kappa shape index (κ1) is 45.5. The number of aliphatic carboxylic acids is 1. The van der Waals surface area contributed by atoms with Gasteiger partial charge in [-0.3, -0.25) is 19.2 Å². The number of benzene rings is 4. The third-order valence-electron chi connectivity index (χ3n) is 11.9. The number of amides is 4. The lowest BCUT2D eigenvalue weighted by molar-refractivity contribution is -0.142. The lowest BCUT2D eigenvalue weighted by Gasteiger charge is -2.25. The molecule has 1 saturated heterocycles. The van der Waals surface area contributed by atoms with E-state index >= 15 is 0 Å². The number of rotatable bonds is 19. The number of H-pyrrole nitrogens is 2. The Kier molecular flexibility index (Phi) is 14.3. The molecular formula is C51H54N8O6S. The molecule has 4 heterocycles. The number of nitrogens with zero attached hydrogens (tertiary/aromatic N) is 1. The van der Waals surface area contributed by atoms with Gasteiger partial charge in [-0.25, -0.2) is 9.78 Å². The zero-order valence-electron chi connectivity index (χ0n) is 36.8. The SMILES string of the molecule is CC(C)CC(NC(=O)C(Cc1c[nH]c2ccccc12)NC(=O)c1nc(C(Cc2c[nH]c3ccccc23)NC(=O)C2CCCN2)sc1-c1ccccc1)C(=O)NC(Cc1ccccc1)C(=O)O. The largest absolute Gasteiger partial charge is 0.480 e.